The van der Waals surface area contributed by atoms with Gasteiger partial charge in [0.1, 0.15) is 11.4 Å². The summed E-state index contributed by atoms with van der Waals surface area (Å²) in [5.41, 5.74) is 4.92. The lowest BCUT2D eigenvalue weighted by atomic mass is 9.99. The van der Waals surface area contributed by atoms with Crippen LogP contribution in [0, 0.1) is 0 Å². The van der Waals surface area contributed by atoms with E-state index in [1.807, 2.05) is 37.9 Å². The number of fused-ring (bicyclic) bond motifs is 3. The standard InChI is InChI=1S/C27H27ClN4O2S.C2H6/c28-18-12-23-25-22(17-3-1-4-21(11-17)35-20-5-6-20)7-8-24(26(25)31-27(23)29-13-18)34-10-2-9-32-14-19(15-33)30-16-32;1-2/h1,3-4,7-8,11-14,20,30,33H,2,5-6,9-10,15-16H2,(H,29,31);1-2H3. The minimum Gasteiger partial charge on any atom is -0.491 e. The molecule has 1 aliphatic heterocycles. The zero-order valence-corrected chi connectivity index (χ0v) is 22.8. The second-order valence-corrected chi connectivity index (χ2v) is 10.9. The molecule has 0 atom stereocenters. The summed E-state index contributed by atoms with van der Waals surface area (Å²) in [4.78, 5) is 11.5. The number of aromatic amines is 1. The normalized spacial score (nSPS) is 14.9. The zero-order valence-electron chi connectivity index (χ0n) is 21.3. The van der Waals surface area contributed by atoms with Gasteiger partial charge in [0, 0.05) is 39.9 Å². The van der Waals surface area contributed by atoms with E-state index in [1.165, 1.54) is 23.3 Å². The predicted molar refractivity (Wildman–Crippen MR) is 154 cm³/mol. The highest BCUT2D eigenvalue weighted by Crippen LogP contribution is 2.43. The summed E-state index contributed by atoms with van der Waals surface area (Å²) in [6.45, 7) is 6.21. The van der Waals surface area contributed by atoms with E-state index in [0.717, 1.165) is 63.8 Å². The highest BCUT2D eigenvalue weighted by atomic mass is 35.5. The van der Waals surface area contributed by atoms with Crippen molar-refractivity contribution < 1.29 is 9.84 Å². The van der Waals surface area contributed by atoms with E-state index < -0.39 is 0 Å². The van der Waals surface area contributed by atoms with Crippen molar-refractivity contribution in [3.05, 3.63) is 65.6 Å². The molecule has 1 fully saturated rings. The van der Waals surface area contributed by atoms with Crippen molar-refractivity contribution in [1.29, 1.82) is 0 Å². The van der Waals surface area contributed by atoms with Crippen LogP contribution in [0.4, 0.5) is 0 Å². The van der Waals surface area contributed by atoms with Gasteiger partial charge < -0.3 is 25.0 Å². The van der Waals surface area contributed by atoms with Crippen molar-refractivity contribution in [2.45, 2.75) is 43.3 Å². The van der Waals surface area contributed by atoms with Crippen LogP contribution in [-0.2, 0) is 0 Å². The highest BCUT2D eigenvalue weighted by Gasteiger charge is 2.23. The smallest absolute Gasteiger partial charge is 0.143 e. The lowest BCUT2D eigenvalue weighted by Crippen LogP contribution is -2.23. The van der Waals surface area contributed by atoms with E-state index in [0.29, 0.717) is 11.6 Å². The number of aliphatic hydroxyl groups excluding tert-OH is 1. The fraction of sp³-hybridized carbons (Fsp3) is 0.345. The Kier molecular flexibility index (Phi) is 8.13. The number of aliphatic hydroxyl groups is 1. The minimum atomic E-state index is 0.0396. The summed E-state index contributed by atoms with van der Waals surface area (Å²) in [5.74, 6) is 0.813. The molecule has 3 heterocycles. The SMILES string of the molecule is CC.OCC1=CN(CCCOc2ccc(-c3cccc(SC4CC4)c3)c3c2[nH]c2ncc(Cl)cc23)CN1. The van der Waals surface area contributed by atoms with E-state index >= 15 is 0 Å². The molecule has 8 heteroatoms. The maximum atomic E-state index is 9.24. The summed E-state index contributed by atoms with van der Waals surface area (Å²) in [6.07, 6.45) is 7.13. The molecule has 6 rings (SSSR count). The number of pyridine rings is 1. The number of aromatic nitrogens is 2. The molecule has 6 nitrogen and oxygen atoms in total. The molecule has 37 heavy (non-hydrogen) atoms. The van der Waals surface area contributed by atoms with Crippen LogP contribution >= 0.6 is 23.4 Å². The molecule has 0 unspecified atom stereocenters. The molecule has 0 radical (unpaired) electrons. The monoisotopic (exact) mass is 536 g/mol. The Morgan fingerprint density at radius 2 is 2.05 bits per heavy atom. The Morgan fingerprint density at radius 1 is 1.19 bits per heavy atom. The van der Waals surface area contributed by atoms with Crippen molar-refractivity contribution >= 4 is 45.3 Å². The van der Waals surface area contributed by atoms with Gasteiger partial charge in [-0.3, -0.25) is 0 Å². The van der Waals surface area contributed by atoms with Gasteiger partial charge in [-0.05, 0) is 60.7 Å². The Labute approximate surface area is 227 Å². The van der Waals surface area contributed by atoms with Crippen LogP contribution in [0.3, 0.4) is 0 Å². The van der Waals surface area contributed by atoms with Crippen LogP contribution in [0.1, 0.15) is 33.1 Å². The third-order valence-corrected chi connectivity index (χ3v) is 7.91. The van der Waals surface area contributed by atoms with E-state index in [4.69, 9.17) is 16.3 Å². The quantitative estimate of drug-likeness (QED) is 0.205. The number of nitrogens with one attached hydrogen (secondary N) is 2. The molecule has 0 spiro atoms. The van der Waals surface area contributed by atoms with Gasteiger partial charge in [-0.25, -0.2) is 4.98 Å². The number of ether oxygens (including phenoxy) is 1. The second-order valence-electron chi connectivity index (χ2n) is 9.04. The van der Waals surface area contributed by atoms with Gasteiger partial charge in [-0.15, -0.1) is 11.8 Å². The molecule has 194 valence electrons. The first-order chi connectivity index (χ1) is 18.2. The maximum absolute atomic E-state index is 9.24. The summed E-state index contributed by atoms with van der Waals surface area (Å²) in [7, 11) is 0. The van der Waals surface area contributed by atoms with Gasteiger partial charge in [-0.1, -0.05) is 37.6 Å². The van der Waals surface area contributed by atoms with Crippen molar-refractivity contribution in [1.82, 2.24) is 20.2 Å². The minimum absolute atomic E-state index is 0.0396. The van der Waals surface area contributed by atoms with Crippen molar-refractivity contribution in [3.8, 4) is 16.9 Å². The highest BCUT2D eigenvalue weighted by molar-refractivity contribution is 8.00. The van der Waals surface area contributed by atoms with Gasteiger partial charge in [0.2, 0.25) is 0 Å². The number of hydrogen-bond acceptors (Lipinski definition) is 6. The Bertz CT molecular complexity index is 1420. The van der Waals surface area contributed by atoms with Gasteiger partial charge in [0.25, 0.3) is 0 Å². The van der Waals surface area contributed by atoms with Gasteiger partial charge in [0.15, 0.2) is 0 Å². The van der Waals surface area contributed by atoms with Crippen LogP contribution in [0.2, 0.25) is 5.02 Å². The fourth-order valence-electron chi connectivity index (χ4n) is 4.52. The number of halogens is 1. The first-order valence-corrected chi connectivity index (χ1v) is 14.2. The van der Waals surface area contributed by atoms with E-state index in [9.17, 15) is 5.11 Å². The molecule has 0 bridgehead atoms. The number of hydrogen-bond donors (Lipinski definition) is 3. The zero-order chi connectivity index (χ0) is 25.8. The summed E-state index contributed by atoms with van der Waals surface area (Å²) in [5, 5.41) is 15.9. The van der Waals surface area contributed by atoms with Crippen molar-refractivity contribution in [2.75, 3.05) is 26.4 Å². The number of rotatable bonds is 9. The molecule has 4 aromatic rings. The van der Waals surface area contributed by atoms with Gasteiger partial charge >= 0.3 is 0 Å². The summed E-state index contributed by atoms with van der Waals surface area (Å²) < 4.78 is 6.25. The molecule has 1 saturated carbocycles. The fourth-order valence-corrected chi connectivity index (χ4v) is 5.78. The Balaban J connectivity index is 0.00000137. The van der Waals surface area contributed by atoms with Crippen LogP contribution in [0.5, 0.6) is 5.75 Å². The average molecular weight is 537 g/mol. The van der Waals surface area contributed by atoms with Crippen molar-refractivity contribution in [3.63, 3.8) is 0 Å². The van der Waals surface area contributed by atoms with Crippen LogP contribution in [-0.4, -0.2) is 51.7 Å². The number of H-pyrrole nitrogens is 1. The molecule has 1 aliphatic carbocycles. The second kappa shape index (κ2) is 11.7. The summed E-state index contributed by atoms with van der Waals surface area (Å²) >= 11 is 8.32. The van der Waals surface area contributed by atoms with E-state index in [2.05, 4.69) is 56.6 Å². The van der Waals surface area contributed by atoms with E-state index in [1.54, 1.807) is 6.20 Å². The van der Waals surface area contributed by atoms with Crippen LogP contribution in [0.15, 0.2) is 65.5 Å². The topological polar surface area (TPSA) is 73.4 Å². The number of benzene rings is 2. The van der Waals surface area contributed by atoms with Crippen LogP contribution < -0.4 is 10.1 Å². The number of thioether (sulfide) groups is 1. The largest absolute Gasteiger partial charge is 0.491 e. The lowest BCUT2D eigenvalue weighted by molar-refractivity contribution is 0.281. The first-order valence-electron chi connectivity index (χ1n) is 13.0. The van der Waals surface area contributed by atoms with Crippen molar-refractivity contribution in [2.24, 2.45) is 0 Å². The molecule has 0 saturated heterocycles. The molecule has 2 aromatic heterocycles. The molecule has 2 aromatic carbocycles. The molecular formula is C29H33ClN4O2S. The molecular weight excluding hydrogens is 504 g/mol. The van der Waals surface area contributed by atoms with Crippen LogP contribution in [0.25, 0.3) is 33.1 Å². The van der Waals surface area contributed by atoms with E-state index in [-0.39, 0.29) is 6.61 Å². The molecule has 2 aliphatic rings. The first kappa shape index (κ1) is 25.8. The number of nitrogens with zero attached hydrogens (tertiary/aromatic N) is 2. The third-order valence-electron chi connectivity index (χ3n) is 6.37. The van der Waals surface area contributed by atoms with Gasteiger partial charge in [-0.2, -0.15) is 0 Å². The summed E-state index contributed by atoms with van der Waals surface area (Å²) in [6, 6.07) is 15.0. The Hall–Kier alpha value is -2.87. The Morgan fingerprint density at radius 3 is 2.84 bits per heavy atom. The molecule has 3 N–H and O–H groups in total. The maximum Gasteiger partial charge on any atom is 0.143 e. The third kappa shape index (κ3) is 5.84. The molecule has 0 amide bonds. The predicted octanol–water partition coefficient (Wildman–Crippen LogP) is 6.78. The average Bonchev–Trinajstić information content (AvgIpc) is 3.48. The van der Waals surface area contributed by atoms with Gasteiger partial charge in [0.05, 0.1) is 36.1 Å². The lowest BCUT2D eigenvalue weighted by Gasteiger charge is -2.15.